The summed E-state index contributed by atoms with van der Waals surface area (Å²) in [5.74, 6) is -0.294. The molecule has 80 valence electrons. The highest BCUT2D eigenvalue weighted by Gasteiger charge is 2.10. The maximum absolute atomic E-state index is 10.6. The van der Waals surface area contributed by atoms with Crippen molar-refractivity contribution in [3.8, 4) is 0 Å². The van der Waals surface area contributed by atoms with Gasteiger partial charge in [0.25, 0.3) is 0 Å². The topological polar surface area (TPSA) is 66.3 Å². The van der Waals surface area contributed by atoms with Gasteiger partial charge in [0.1, 0.15) is 18.7 Å². The summed E-state index contributed by atoms with van der Waals surface area (Å²) in [5.41, 5.74) is 0.805. The summed E-state index contributed by atoms with van der Waals surface area (Å²) in [5, 5.41) is 8.72. The monoisotopic (exact) mass is 207 g/mol. The van der Waals surface area contributed by atoms with E-state index in [0.29, 0.717) is 12.4 Å². The molecule has 1 heterocycles. The molecule has 15 heavy (non-hydrogen) atoms. The van der Waals surface area contributed by atoms with E-state index in [-0.39, 0.29) is 6.54 Å². The van der Waals surface area contributed by atoms with Gasteiger partial charge in [-0.3, -0.25) is 4.79 Å². The molecule has 5 nitrogen and oxygen atoms in total. The molecule has 0 amide bonds. The van der Waals surface area contributed by atoms with Crippen LogP contribution in [0.2, 0.25) is 0 Å². The first kappa shape index (κ1) is 11.2. The number of nitrogens with zero attached hydrogens (tertiary/aromatic N) is 3. The lowest BCUT2D eigenvalue weighted by Gasteiger charge is -2.19. The first-order valence-corrected chi connectivity index (χ1v) is 4.49. The Kier molecular flexibility index (Phi) is 3.79. The Hall–Kier alpha value is -1.91. The van der Waals surface area contributed by atoms with Crippen molar-refractivity contribution < 1.29 is 9.90 Å². The highest BCUT2D eigenvalue weighted by atomic mass is 16.4. The van der Waals surface area contributed by atoms with Crippen LogP contribution in [0.1, 0.15) is 5.69 Å². The minimum Gasteiger partial charge on any atom is -0.480 e. The molecule has 1 aromatic rings. The number of hydrogen-bond donors (Lipinski definition) is 1. The second kappa shape index (κ2) is 5.09. The Bertz CT molecular complexity index is 365. The second-order valence-corrected chi connectivity index (χ2v) is 3.08. The van der Waals surface area contributed by atoms with E-state index in [0.717, 1.165) is 5.69 Å². The van der Waals surface area contributed by atoms with Gasteiger partial charge in [0.15, 0.2) is 0 Å². The maximum Gasteiger partial charge on any atom is 0.323 e. The molecule has 5 heteroatoms. The van der Waals surface area contributed by atoms with E-state index in [1.54, 1.807) is 17.0 Å². The van der Waals surface area contributed by atoms with Gasteiger partial charge in [0.2, 0.25) is 0 Å². The molecular weight excluding hydrogens is 194 g/mol. The van der Waals surface area contributed by atoms with Crippen molar-refractivity contribution in [2.75, 3.05) is 18.0 Å². The highest BCUT2D eigenvalue weighted by Crippen LogP contribution is 2.09. The van der Waals surface area contributed by atoms with E-state index in [1.165, 1.54) is 6.33 Å². The number of aliphatic carboxylic acids is 1. The Morgan fingerprint density at radius 1 is 1.67 bits per heavy atom. The van der Waals surface area contributed by atoms with Gasteiger partial charge >= 0.3 is 5.97 Å². The minimum absolute atomic E-state index is 0.0948. The van der Waals surface area contributed by atoms with Crippen LogP contribution < -0.4 is 4.90 Å². The summed E-state index contributed by atoms with van der Waals surface area (Å²) in [6.45, 7) is 5.76. The van der Waals surface area contributed by atoms with Gasteiger partial charge in [0, 0.05) is 18.3 Å². The normalized spacial score (nSPS) is 9.67. The zero-order chi connectivity index (χ0) is 11.3. The summed E-state index contributed by atoms with van der Waals surface area (Å²) in [6, 6.07) is 1.74. The van der Waals surface area contributed by atoms with Crippen molar-refractivity contribution in [2.45, 2.75) is 6.92 Å². The van der Waals surface area contributed by atoms with Crippen molar-refractivity contribution in [2.24, 2.45) is 0 Å². The number of aryl methyl sites for hydroxylation is 1. The van der Waals surface area contributed by atoms with Gasteiger partial charge in [-0.2, -0.15) is 0 Å². The van der Waals surface area contributed by atoms with Gasteiger partial charge in [-0.1, -0.05) is 6.08 Å². The molecule has 0 aliphatic carbocycles. The zero-order valence-electron chi connectivity index (χ0n) is 8.55. The molecule has 0 fully saturated rings. The zero-order valence-corrected chi connectivity index (χ0v) is 8.55. The predicted octanol–water partition coefficient (Wildman–Crippen LogP) is 0.862. The molecule has 0 saturated carbocycles. The number of carbonyl (C=O) groups is 1. The van der Waals surface area contributed by atoms with Gasteiger partial charge < -0.3 is 10.0 Å². The summed E-state index contributed by atoms with van der Waals surface area (Å²) >= 11 is 0. The SMILES string of the molecule is C=CCN(CC(=O)O)c1cc(C)ncn1. The van der Waals surface area contributed by atoms with Gasteiger partial charge in [0.05, 0.1) is 0 Å². The number of carboxylic acids is 1. The van der Waals surface area contributed by atoms with Crippen LogP contribution in [0.4, 0.5) is 5.82 Å². The van der Waals surface area contributed by atoms with E-state index in [4.69, 9.17) is 5.11 Å². The molecular formula is C10H13N3O2. The van der Waals surface area contributed by atoms with Crippen molar-refractivity contribution in [3.63, 3.8) is 0 Å². The third kappa shape index (κ3) is 3.38. The number of hydrogen-bond acceptors (Lipinski definition) is 4. The van der Waals surface area contributed by atoms with Crippen LogP contribution in [-0.4, -0.2) is 34.1 Å². The molecule has 1 N–H and O–H groups in total. The largest absolute Gasteiger partial charge is 0.480 e. The lowest BCUT2D eigenvalue weighted by atomic mass is 10.3. The minimum atomic E-state index is -0.895. The lowest BCUT2D eigenvalue weighted by molar-refractivity contribution is -0.135. The number of anilines is 1. The average molecular weight is 207 g/mol. The quantitative estimate of drug-likeness (QED) is 0.725. The van der Waals surface area contributed by atoms with Gasteiger partial charge in [-0.25, -0.2) is 9.97 Å². The third-order valence-corrected chi connectivity index (χ3v) is 1.79. The molecule has 1 rings (SSSR count). The lowest BCUT2D eigenvalue weighted by Crippen LogP contribution is -2.30. The molecule has 0 unspecified atom stereocenters. The van der Waals surface area contributed by atoms with Crippen LogP contribution in [0.25, 0.3) is 0 Å². The molecule has 0 spiro atoms. The van der Waals surface area contributed by atoms with Crippen LogP contribution in [0.5, 0.6) is 0 Å². The van der Waals surface area contributed by atoms with E-state index < -0.39 is 5.97 Å². The highest BCUT2D eigenvalue weighted by molar-refractivity contribution is 5.73. The molecule has 0 aromatic carbocycles. The molecule has 0 aliphatic heterocycles. The van der Waals surface area contributed by atoms with Crippen LogP contribution in [0.15, 0.2) is 25.0 Å². The average Bonchev–Trinajstić information content (AvgIpc) is 2.16. The number of carboxylic acid groups (broad SMARTS) is 1. The molecule has 0 bridgehead atoms. The molecule has 0 radical (unpaired) electrons. The molecule has 0 aliphatic rings. The van der Waals surface area contributed by atoms with Crippen LogP contribution in [0, 0.1) is 6.92 Å². The third-order valence-electron chi connectivity index (χ3n) is 1.79. The van der Waals surface area contributed by atoms with Crippen LogP contribution in [-0.2, 0) is 4.79 Å². The maximum atomic E-state index is 10.6. The van der Waals surface area contributed by atoms with E-state index >= 15 is 0 Å². The smallest absolute Gasteiger partial charge is 0.323 e. The van der Waals surface area contributed by atoms with Gasteiger partial charge in [-0.05, 0) is 6.92 Å². The summed E-state index contributed by atoms with van der Waals surface area (Å²) in [6.07, 6.45) is 3.06. The number of aromatic nitrogens is 2. The fraction of sp³-hybridized carbons (Fsp3) is 0.300. The standard InChI is InChI=1S/C10H13N3O2/c1-3-4-13(6-10(14)15)9-5-8(2)11-7-12-9/h3,5,7H,1,4,6H2,2H3,(H,14,15). The summed E-state index contributed by atoms with van der Waals surface area (Å²) < 4.78 is 0. The molecule has 0 saturated heterocycles. The van der Waals surface area contributed by atoms with E-state index in [9.17, 15) is 4.79 Å². The first-order valence-electron chi connectivity index (χ1n) is 4.49. The van der Waals surface area contributed by atoms with Crippen molar-refractivity contribution in [1.29, 1.82) is 0 Å². The fourth-order valence-corrected chi connectivity index (χ4v) is 1.17. The fourth-order valence-electron chi connectivity index (χ4n) is 1.17. The first-order chi connectivity index (χ1) is 7.13. The van der Waals surface area contributed by atoms with Crippen LogP contribution >= 0.6 is 0 Å². The van der Waals surface area contributed by atoms with Crippen molar-refractivity contribution in [1.82, 2.24) is 9.97 Å². The summed E-state index contributed by atoms with van der Waals surface area (Å²) in [7, 11) is 0. The van der Waals surface area contributed by atoms with Gasteiger partial charge in [-0.15, -0.1) is 6.58 Å². The Labute approximate surface area is 88.1 Å². The van der Waals surface area contributed by atoms with Crippen LogP contribution in [0.3, 0.4) is 0 Å². The predicted molar refractivity (Wildman–Crippen MR) is 56.8 cm³/mol. The Morgan fingerprint density at radius 2 is 2.40 bits per heavy atom. The second-order valence-electron chi connectivity index (χ2n) is 3.08. The van der Waals surface area contributed by atoms with Crippen molar-refractivity contribution >= 4 is 11.8 Å². The molecule has 0 atom stereocenters. The molecule has 1 aromatic heterocycles. The summed E-state index contributed by atoms with van der Waals surface area (Å²) in [4.78, 5) is 20.2. The Morgan fingerprint density at radius 3 is 2.93 bits per heavy atom. The van der Waals surface area contributed by atoms with E-state index in [2.05, 4.69) is 16.5 Å². The van der Waals surface area contributed by atoms with Crippen molar-refractivity contribution in [3.05, 3.63) is 30.7 Å². The number of rotatable bonds is 5. The Balaban J connectivity index is 2.87. The van der Waals surface area contributed by atoms with E-state index in [1.807, 2.05) is 6.92 Å².